The van der Waals surface area contributed by atoms with Crippen LogP contribution in [0.1, 0.15) is 20.8 Å². The Morgan fingerprint density at radius 3 is 2.17 bits per heavy atom. The molecule has 72 valence electrons. The summed E-state index contributed by atoms with van der Waals surface area (Å²) in [4.78, 5) is 13.2. The Kier molecular flexibility index (Phi) is 4.90. The van der Waals surface area contributed by atoms with Crippen LogP contribution in [0.2, 0.25) is 0 Å². The van der Waals surface area contributed by atoms with Gasteiger partial charge in [0.25, 0.3) is 0 Å². The van der Waals surface area contributed by atoms with Crippen LogP contribution in [0.4, 0.5) is 0 Å². The average molecular weight is 172 g/mol. The maximum atomic E-state index is 11.5. The minimum Gasteiger partial charge on any atom is -0.347 e. The molecule has 1 N–H and O–H groups in total. The summed E-state index contributed by atoms with van der Waals surface area (Å²) in [6.45, 7) is 6.95. The van der Waals surface area contributed by atoms with Gasteiger partial charge in [0, 0.05) is 14.1 Å². The van der Waals surface area contributed by atoms with Crippen molar-refractivity contribution in [3.05, 3.63) is 0 Å². The quantitative estimate of drug-likeness (QED) is 0.677. The molecule has 0 aliphatic rings. The molecule has 0 aromatic rings. The summed E-state index contributed by atoms with van der Waals surface area (Å²) in [5.41, 5.74) is 0. The SMILES string of the molecule is CCNC(C(=O)N(C)C)C(C)C. The number of likely N-dealkylation sites (N-methyl/N-ethyl adjacent to an activating group) is 2. The summed E-state index contributed by atoms with van der Waals surface area (Å²) in [7, 11) is 3.57. The van der Waals surface area contributed by atoms with Gasteiger partial charge in [-0.15, -0.1) is 0 Å². The molecule has 0 aromatic carbocycles. The summed E-state index contributed by atoms with van der Waals surface area (Å²) in [6, 6.07) is -0.0370. The zero-order valence-electron chi connectivity index (χ0n) is 8.72. The number of nitrogens with zero attached hydrogens (tertiary/aromatic N) is 1. The first-order valence-electron chi connectivity index (χ1n) is 4.45. The first-order chi connectivity index (χ1) is 5.50. The van der Waals surface area contributed by atoms with Crippen LogP contribution in [-0.2, 0) is 4.79 Å². The third kappa shape index (κ3) is 3.22. The molecule has 1 unspecified atom stereocenters. The summed E-state index contributed by atoms with van der Waals surface area (Å²) in [5, 5.41) is 3.17. The number of amides is 1. The smallest absolute Gasteiger partial charge is 0.239 e. The van der Waals surface area contributed by atoms with E-state index >= 15 is 0 Å². The molecule has 1 atom stereocenters. The summed E-state index contributed by atoms with van der Waals surface area (Å²) in [6.07, 6.45) is 0. The molecular formula is C9H20N2O. The van der Waals surface area contributed by atoms with Crippen molar-refractivity contribution in [1.82, 2.24) is 10.2 Å². The molecule has 3 nitrogen and oxygen atoms in total. The van der Waals surface area contributed by atoms with Gasteiger partial charge >= 0.3 is 0 Å². The van der Waals surface area contributed by atoms with Gasteiger partial charge in [-0.3, -0.25) is 4.79 Å². The van der Waals surface area contributed by atoms with Crippen molar-refractivity contribution in [3.63, 3.8) is 0 Å². The van der Waals surface area contributed by atoms with E-state index in [0.717, 1.165) is 6.54 Å². The second-order valence-electron chi connectivity index (χ2n) is 3.51. The molecule has 12 heavy (non-hydrogen) atoms. The van der Waals surface area contributed by atoms with Crippen LogP contribution < -0.4 is 5.32 Å². The lowest BCUT2D eigenvalue weighted by molar-refractivity contribution is -0.131. The van der Waals surface area contributed by atoms with Crippen molar-refractivity contribution in [3.8, 4) is 0 Å². The summed E-state index contributed by atoms with van der Waals surface area (Å²) < 4.78 is 0. The van der Waals surface area contributed by atoms with Crippen LogP contribution in [0.25, 0.3) is 0 Å². The van der Waals surface area contributed by atoms with Crippen LogP contribution in [-0.4, -0.2) is 37.5 Å². The fraction of sp³-hybridized carbons (Fsp3) is 0.889. The van der Waals surface area contributed by atoms with Gasteiger partial charge in [0.1, 0.15) is 0 Å². The number of nitrogens with one attached hydrogen (secondary N) is 1. The second-order valence-corrected chi connectivity index (χ2v) is 3.51. The zero-order chi connectivity index (χ0) is 9.72. The monoisotopic (exact) mass is 172 g/mol. The first-order valence-corrected chi connectivity index (χ1v) is 4.45. The topological polar surface area (TPSA) is 32.3 Å². The molecule has 0 aliphatic heterocycles. The molecule has 0 bridgehead atoms. The van der Waals surface area contributed by atoms with E-state index in [1.54, 1.807) is 19.0 Å². The van der Waals surface area contributed by atoms with E-state index in [4.69, 9.17) is 0 Å². The summed E-state index contributed by atoms with van der Waals surface area (Å²) in [5.74, 6) is 0.506. The highest BCUT2D eigenvalue weighted by molar-refractivity contribution is 5.81. The fourth-order valence-electron chi connectivity index (χ4n) is 1.11. The van der Waals surface area contributed by atoms with E-state index in [9.17, 15) is 4.79 Å². The number of carbonyl (C=O) groups excluding carboxylic acids is 1. The van der Waals surface area contributed by atoms with Crippen LogP contribution in [0.15, 0.2) is 0 Å². The number of carbonyl (C=O) groups is 1. The maximum Gasteiger partial charge on any atom is 0.239 e. The van der Waals surface area contributed by atoms with E-state index < -0.39 is 0 Å². The van der Waals surface area contributed by atoms with Crippen molar-refractivity contribution in [2.45, 2.75) is 26.8 Å². The summed E-state index contributed by atoms with van der Waals surface area (Å²) >= 11 is 0. The third-order valence-corrected chi connectivity index (χ3v) is 1.80. The largest absolute Gasteiger partial charge is 0.347 e. The van der Waals surface area contributed by atoms with Gasteiger partial charge in [-0.2, -0.15) is 0 Å². The van der Waals surface area contributed by atoms with E-state index in [0.29, 0.717) is 5.92 Å². The number of rotatable bonds is 4. The van der Waals surface area contributed by atoms with Gasteiger partial charge in [0.2, 0.25) is 5.91 Å². The molecule has 0 aliphatic carbocycles. The van der Waals surface area contributed by atoms with E-state index in [1.807, 2.05) is 6.92 Å². The highest BCUT2D eigenvalue weighted by Gasteiger charge is 2.21. The highest BCUT2D eigenvalue weighted by Crippen LogP contribution is 2.03. The maximum absolute atomic E-state index is 11.5. The van der Waals surface area contributed by atoms with Crippen molar-refractivity contribution in [1.29, 1.82) is 0 Å². The van der Waals surface area contributed by atoms with Crippen molar-refractivity contribution in [2.75, 3.05) is 20.6 Å². The van der Waals surface area contributed by atoms with Crippen molar-refractivity contribution in [2.24, 2.45) is 5.92 Å². The molecule has 0 spiro atoms. The lowest BCUT2D eigenvalue weighted by atomic mass is 10.0. The molecular weight excluding hydrogens is 152 g/mol. The molecule has 1 amide bonds. The molecule has 0 saturated carbocycles. The molecule has 0 radical (unpaired) electrons. The predicted molar refractivity (Wildman–Crippen MR) is 51.0 cm³/mol. The lowest BCUT2D eigenvalue weighted by Crippen LogP contribution is -2.46. The van der Waals surface area contributed by atoms with E-state index in [2.05, 4.69) is 19.2 Å². The van der Waals surface area contributed by atoms with Crippen molar-refractivity contribution < 1.29 is 4.79 Å². The normalized spacial score (nSPS) is 13.2. The Morgan fingerprint density at radius 1 is 1.42 bits per heavy atom. The van der Waals surface area contributed by atoms with Gasteiger partial charge in [0.15, 0.2) is 0 Å². The zero-order valence-corrected chi connectivity index (χ0v) is 8.72. The highest BCUT2D eigenvalue weighted by atomic mass is 16.2. The molecule has 0 fully saturated rings. The minimum atomic E-state index is -0.0370. The molecule has 0 saturated heterocycles. The van der Waals surface area contributed by atoms with E-state index in [-0.39, 0.29) is 11.9 Å². The Balaban J connectivity index is 4.19. The van der Waals surface area contributed by atoms with E-state index in [1.165, 1.54) is 0 Å². The van der Waals surface area contributed by atoms with Crippen LogP contribution in [0, 0.1) is 5.92 Å². The minimum absolute atomic E-state index is 0.0370. The molecule has 0 heterocycles. The Labute approximate surface area is 75.1 Å². The van der Waals surface area contributed by atoms with Gasteiger partial charge in [0.05, 0.1) is 6.04 Å². The van der Waals surface area contributed by atoms with Crippen LogP contribution in [0.5, 0.6) is 0 Å². The van der Waals surface area contributed by atoms with Crippen LogP contribution in [0.3, 0.4) is 0 Å². The Hall–Kier alpha value is -0.570. The molecule has 0 aromatic heterocycles. The molecule has 0 rings (SSSR count). The predicted octanol–water partition coefficient (Wildman–Crippen LogP) is 0.709. The fourth-order valence-corrected chi connectivity index (χ4v) is 1.11. The van der Waals surface area contributed by atoms with Crippen LogP contribution >= 0.6 is 0 Å². The van der Waals surface area contributed by atoms with Crippen molar-refractivity contribution >= 4 is 5.91 Å². The Morgan fingerprint density at radius 2 is 1.92 bits per heavy atom. The second kappa shape index (κ2) is 5.14. The first kappa shape index (κ1) is 11.4. The standard InChI is InChI=1S/C9H20N2O/c1-6-10-8(7(2)3)9(12)11(4)5/h7-8,10H,6H2,1-5H3. The number of hydrogen-bond acceptors (Lipinski definition) is 2. The average Bonchev–Trinajstić information content (AvgIpc) is 1.98. The lowest BCUT2D eigenvalue weighted by Gasteiger charge is -2.24. The Bertz CT molecular complexity index is 143. The third-order valence-electron chi connectivity index (χ3n) is 1.80. The van der Waals surface area contributed by atoms with Gasteiger partial charge in [-0.1, -0.05) is 20.8 Å². The number of hydrogen-bond donors (Lipinski definition) is 1. The van der Waals surface area contributed by atoms with Gasteiger partial charge < -0.3 is 10.2 Å². The van der Waals surface area contributed by atoms with Gasteiger partial charge in [-0.05, 0) is 12.5 Å². The molecule has 3 heteroatoms. The van der Waals surface area contributed by atoms with Gasteiger partial charge in [-0.25, -0.2) is 0 Å².